The molecule has 0 aliphatic carbocycles. The summed E-state index contributed by atoms with van der Waals surface area (Å²) in [4.78, 5) is 8.28. The molecule has 0 atom stereocenters. The fourth-order valence-electron chi connectivity index (χ4n) is 0. The van der Waals surface area contributed by atoms with Crippen LogP contribution in [0.1, 0.15) is 1.37 Å². The summed E-state index contributed by atoms with van der Waals surface area (Å²) >= 11 is 0. The minimum atomic E-state index is -0.722. The third-order valence-electron chi connectivity index (χ3n) is 0. The van der Waals surface area contributed by atoms with Crippen LogP contribution >= 0.6 is 0 Å². The Bertz CT molecular complexity index is 44.9. The molecule has 0 aromatic rings. The van der Waals surface area contributed by atoms with Crippen LogP contribution in [0.15, 0.2) is 0 Å². The number of nitrogens with zero attached hydrogens (tertiary/aromatic N) is 1. The molecule has 0 saturated heterocycles. The van der Waals surface area contributed by atoms with E-state index in [0.717, 1.165) is 0 Å². The topological polar surface area (TPSA) is 43.1 Å². The number of rotatable bonds is 0. The van der Waals surface area contributed by atoms with Crippen LogP contribution in [0.3, 0.4) is 0 Å². The van der Waals surface area contributed by atoms with Gasteiger partial charge in [-0.25, -0.2) is 0 Å². The monoisotopic (exact) mass is 62.0 g/mol. The van der Waals surface area contributed by atoms with Gasteiger partial charge in [-0.3, -0.25) is 10.1 Å². The molecule has 0 fully saturated rings. The highest BCUT2D eigenvalue weighted by Gasteiger charge is 1.57. The lowest BCUT2D eigenvalue weighted by Gasteiger charge is -1.63. The molecular weight excluding hydrogens is 58.0 g/mol. The van der Waals surface area contributed by atoms with E-state index in [1.165, 1.54) is 0 Å². The fourth-order valence-corrected chi connectivity index (χ4v) is 0. The molecule has 0 spiro atoms. The molecule has 4 heavy (non-hydrogen) atoms. The summed E-state index contributed by atoms with van der Waals surface area (Å²) in [6.07, 6.45) is 0. The summed E-state index contributed by atoms with van der Waals surface area (Å²) in [6.45, 7) is 0. The zero-order valence-electron chi connectivity index (χ0n) is 2.97. The number of hydrogen-bond acceptors (Lipinski definition) is 2. The van der Waals surface area contributed by atoms with Gasteiger partial charge >= 0.3 is 0 Å². The Kier molecular flexibility index (Phi) is 0.346. The number of hydrogen-bond donors (Lipinski definition) is 0. The second-order valence-corrected chi connectivity index (χ2v) is 0.333. The van der Waals surface area contributed by atoms with Gasteiger partial charge in [0.2, 0.25) is 0 Å². The minimum Gasteiger partial charge on any atom is -0.265 e. The maximum Gasteiger partial charge on any atom is 0.194 e. The van der Waals surface area contributed by atoms with Gasteiger partial charge in [-0.1, -0.05) is 0 Å². The van der Waals surface area contributed by atoms with E-state index in [-0.39, 0.29) is 0 Å². The fraction of sp³-hybridized carbons (Fsp3) is 1.00. The van der Waals surface area contributed by atoms with Crippen molar-refractivity contribution in [2.45, 2.75) is 0 Å². The summed E-state index contributed by atoms with van der Waals surface area (Å²) in [5.41, 5.74) is 0. The van der Waals surface area contributed by atoms with Gasteiger partial charge in [0, 0.05) is 4.92 Å². The molecule has 0 aliphatic rings. The van der Waals surface area contributed by atoms with Gasteiger partial charge in [0.1, 0.15) is 1.37 Å². The summed E-state index contributed by atoms with van der Waals surface area (Å²) in [5.74, 6) is 0. The maximum absolute atomic E-state index is 8.99. The average Bonchev–Trinajstić information content (AvgIpc) is 1.38. The molecule has 0 radical (unpaired) electrons. The maximum atomic E-state index is 8.99. The quantitative estimate of drug-likeness (QED) is 0.290. The Hall–Kier alpha value is -0.600. The van der Waals surface area contributed by atoms with E-state index in [1.807, 2.05) is 0 Å². The standard InChI is InChI=1S/CH3NO2/c1-2(3)4/h1H3/i1D. The Morgan fingerprint density at radius 1 is 2.50 bits per heavy atom. The molecule has 0 aromatic heterocycles. The normalized spacial score (nSPS) is 9.50. The van der Waals surface area contributed by atoms with Crippen molar-refractivity contribution in [2.24, 2.45) is 0 Å². The van der Waals surface area contributed by atoms with Crippen molar-refractivity contribution in [1.82, 2.24) is 0 Å². The first-order chi connectivity index (χ1) is 2.27. The third kappa shape index (κ3) is 0.622. The van der Waals surface area contributed by atoms with E-state index in [1.54, 1.807) is 0 Å². The molecule has 3 heteroatoms. The first-order valence-corrected chi connectivity index (χ1v) is 0.681. The van der Waals surface area contributed by atoms with Crippen LogP contribution in [0.4, 0.5) is 0 Å². The van der Waals surface area contributed by atoms with Crippen LogP contribution in [0.5, 0.6) is 0 Å². The van der Waals surface area contributed by atoms with Crippen LogP contribution in [0, 0.1) is 10.1 Å². The van der Waals surface area contributed by atoms with Gasteiger partial charge in [0.05, 0.1) is 0 Å². The predicted molar refractivity (Wildman–Crippen MR) is 12.9 cm³/mol. The van der Waals surface area contributed by atoms with Gasteiger partial charge in [-0.2, -0.15) is 0 Å². The van der Waals surface area contributed by atoms with Crippen LogP contribution in [0.25, 0.3) is 0 Å². The van der Waals surface area contributed by atoms with Crippen molar-refractivity contribution < 1.29 is 6.29 Å². The first-order valence-electron chi connectivity index (χ1n) is 1.39. The molecule has 24 valence electrons. The predicted octanol–water partition coefficient (Wildman–Crippen LogP) is -0.107. The first kappa shape index (κ1) is 1.69. The lowest BCUT2D eigenvalue weighted by Crippen LogP contribution is -1.79. The van der Waals surface area contributed by atoms with Crippen molar-refractivity contribution in [3.63, 3.8) is 0 Å². The molecule has 3 nitrogen and oxygen atoms in total. The van der Waals surface area contributed by atoms with E-state index in [9.17, 15) is 0 Å². The molecule has 0 unspecified atom stereocenters. The van der Waals surface area contributed by atoms with Crippen molar-refractivity contribution >= 4 is 0 Å². The summed E-state index contributed by atoms with van der Waals surface area (Å²) in [6, 6.07) is 0. The lowest BCUT2D eigenvalue weighted by molar-refractivity contribution is -0.445. The van der Waals surface area contributed by atoms with E-state index in [0.29, 0.717) is 0 Å². The van der Waals surface area contributed by atoms with Crippen LogP contribution in [-0.4, -0.2) is 11.9 Å². The van der Waals surface area contributed by atoms with E-state index in [4.69, 9.17) is 11.5 Å². The Labute approximate surface area is 24.8 Å². The van der Waals surface area contributed by atoms with Crippen LogP contribution in [-0.2, 0) is 0 Å². The Morgan fingerprint density at radius 2 is 2.75 bits per heavy atom. The molecule has 0 rings (SSSR count). The Morgan fingerprint density at radius 3 is 2.75 bits per heavy atom. The summed E-state index contributed by atoms with van der Waals surface area (Å²) in [5, 5.41) is 8.99. The minimum absolute atomic E-state index is 0.708. The SMILES string of the molecule is [2H]C[N+](=O)[O-]. The highest BCUT2D eigenvalue weighted by Crippen LogP contribution is 1.39. The molecule has 0 heterocycles. The highest BCUT2D eigenvalue weighted by atomic mass is 16.6. The van der Waals surface area contributed by atoms with Crippen molar-refractivity contribution in [1.29, 1.82) is 0 Å². The van der Waals surface area contributed by atoms with Gasteiger partial charge in [-0.05, 0) is 0 Å². The molecule has 0 saturated carbocycles. The average molecular weight is 62.0 g/mol. The molecule has 0 N–H and O–H groups in total. The second-order valence-electron chi connectivity index (χ2n) is 0.333. The lowest BCUT2D eigenvalue weighted by atomic mass is 11.5. The summed E-state index contributed by atoms with van der Waals surface area (Å²) in [7, 11) is -0.722. The largest absolute Gasteiger partial charge is 0.265 e. The van der Waals surface area contributed by atoms with Crippen LogP contribution < -0.4 is 0 Å². The summed E-state index contributed by atoms with van der Waals surface area (Å²) < 4.78 is 5.96. The van der Waals surface area contributed by atoms with E-state index >= 15 is 0 Å². The van der Waals surface area contributed by atoms with Crippen molar-refractivity contribution in [2.75, 3.05) is 7.02 Å². The number of nitro groups is 1. The molecule has 0 aromatic carbocycles. The highest BCUT2D eigenvalue weighted by molar-refractivity contribution is 3.91. The van der Waals surface area contributed by atoms with Crippen molar-refractivity contribution in [3.05, 3.63) is 10.1 Å². The van der Waals surface area contributed by atoms with Gasteiger partial charge in [0.15, 0.2) is 7.02 Å². The molecular formula is CH3NO2. The van der Waals surface area contributed by atoms with Gasteiger partial charge < -0.3 is 0 Å². The van der Waals surface area contributed by atoms with E-state index in [2.05, 4.69) is 0 Å². The second kappa shape index (κ2) is 0.817. The zero-order chi connectivity index (χ0) is 4.28. The Balaban J connectivity index is 2.85. The molecule has 0 bridgehead atoms. The van der Waals surface area contributed by atoms with E-state index < -0.39 is 11.9 Å². The van der Waals surface area contributed by atoms with Crippen molar-refractivity contribution in [3.8, 4) is 0 Å². The van der Waals surface area contributed by atoms with Crippen LogP contribution in [0.2, 0.25) is 0 Å². The molecule has 0 aliphatic heterocycles. The molecule has 0 amide bonds. The van der Waals surface area contributed by atoms with Gasteiger partial charge in [0.25, 0.3) is 0 Å². The third-order valence-corrected chi connectivity index (χ3v) is 0. The zero-order valence-corrected chi connectivity index (χ0v) is 1.97. The smallest absolute Gasteiger partial charge is 0.194 e. The van der Waals surface area contributed by atoms with Gasteiger partial charge in [-0.15, -0.1) is 0 Å².